The second kappa shape index (κ2) is 9.48. The van der Waals surface area contributed by atoms with Crippen LogP contribution in [-0.2, 0) is 11.3 Å². The molecule has 1 aliphatic heterocycles. The zero-order chi connectivity index (χ0) is 20.6. The van der Waals surface area contributed by atoms with Crippen LogP contribution in [0.25, 0.3) is 11.5 Å². The molecule has 6 nitrogen and oxygen atoms in total. The number of fused-ring (bicyclic) bond motifs is 2. The molecule has 3 atom stereocenters. The molecule has 168 valence electrons. The molecule has 1 aromatic heterocycles. The van der Waals surface area contributed by atoms with Gasteiger partial charge in [0.05, 0.1) is 12.6 Å². The third-order valence-electron chi connectivity index (χ3n) is 7.17. The predicted octanol–water partition coefficient (Wildman–Crippen LogP) is 4.67. The van der Waals surface area contributed by atoms with Crippen molar-refractivity contribution in [2.24, 2.45) is 16.3 Å². The normalized spacial score (nSPS) is 26.3. The van der Waals surface area contributed by atoms with Crippen molar-refractivity contribution in [3.8, 4) is 11.5 Å². The maximum absolute atomic E-state index is 6.12. The number of rotatable bonds is 5. The van der Waals surface area contributed by atoms with Crippen molar-refractivity contribution in [1.29, 1.82) is 0 Å². The standard InChI is InChI=1S/C24H32N4O2.HI/c1-3-25-23(28-20-19-10-13-29-21(19)24(20)11-4-5-12-24)26-14-18-15-30-22(27-18)17-8-6-16(2)7-9-17;/h6-9,15,19-21H,3-5,10-14H2,1-2H3,(H2,25,26,28);1H. The summed E-state index contributed by atoms with van der Waals surface area (Å²) in [6.07, 6.45) is 8.51. The molecule has 3 fully saturated rings. The summed E-state index contributed by atoms with van der Waals surface area (Å²) in [5.74, 6) is 2.14. The minimum atomic E-state index is 0. The van der Waals surface area contributed by atoms with Crippen molar-refractivity contribution in [3.05, 3.63) is 41.8 Å². The maximum Gasteiger partial charge on any atom is 0.226 e. The van der Waals surface area contributed by atoms with E-state index in [1.807, 2.05) is 12.1 Å². The van der Waals surface area contributed by atoms with Crippen molar-refractivity contribution in [1.82, 2.24) is 15.6 Å². The number of guanidine groups is 1. The van der Waals surface area contributed by atoms with Crippen LogP contribution in [0.3, 0.4) is 0 Å². The quantitative estimate of drug-likeness (QED) is 0.330. The molecular formula is C24H33IN4O2. The Hall–Kier alpha value is -1.61. The summed E-state index contributed by atoms with van der Waals surface area (Å²) in [4.78, 5) is 9.46. The molecule has 0 amide bonds. The molecule has 3 unspecified atom stereocenters. The summed E-state index contributed by atoms with van der Waals surface area (Å²) in [5.41, 5.74) is 3.37. The first-order chi connectivity index (χ1) is 14.7. The lowest BCUT2D eigenvalue weighted by Crippen LogP contribution is -2.69. The Kier molecular flexibility index (Phi) is 6.91. The number of aliphatic imine (C=N–C) groups is 1. The number of aryl methyl sites for hydroxylation is 1. The van der Waals surface area contributed by atoms with Crippen LogP contribution in [0.15, 0.2) is 39.9 Å². The van der Waals surface area contributed by atoms with Gasteiger partial charge in [-0.05, 0) is 45.2 Å². The minimum absolute atomic E-state index is 0. The Balaban J connectivity index is 0.00000231. The molecule has 0 radical (unpaired) electrons. The van der Waals surface area contributed by atoms with Crippen LogP contribution >= 0.6 is 24.0 Å². The van der Waals surface area contributed by atoms with Crippen molar-refractivity contribution < 1.29 is 9.15 Å². The Morgan fingerprint density at radius 1 is 1.23 bits per heavy atom. The molecule has 3 aliphatic rings. The number of hydrogen-bond acceptors (Lipinski definition) is 4. The van der Waals surface area contributed by atoms with Gasteiger partial charge in [0, 0.05) is 36.1 Å². The highest BCUT2D eigenvalue weighted by Gasteiger charge is 2.65. The second-order valence-electron chi connectivity index (χ2n) is 9.01. The summed E-state index contributed by atoms with van der Waals surface area (Å²) in [7, 11) is 0. The van der Waals surface area contributed by atoms with Gasteiger partial charge in [-0.1, -0.05) is 30.5 Å². The van der Waals surface area contributed by atoms with E-state index in [4.69, 9.17) is 14.1 Å². The zero-order valence-electron chi connectivity index (χ0n) is 18.4. The summed E-state index contributed by atoms with van der Waals surface area (Å²) in [6.45, 7) is 6.42. The molecule has 2 aromatic rings. The number of ether oxygens (including phenoxy) is 1. The van der Waals surface area contributed by atoms with Gasteiger partial charge < -0.3 is 19.8 Å². The lowest BCUT2D eigenvalue weighted by molar-refractivity contribution is -0.125. The maximum atomic E-state index is 6.12. The van der Waals surface area contributed by atoms with E-state index in [2.05, 4.69) is 41.6 Å². The van der Waals surface area contributed by atoms with Crippen LogP contribution in [0, 0.1) is 18.3 Å². The van der Waals surface area contributed by atoms with E-state index in [9.17, 15) is 0 Å². The number of hydrogen-bond donors (Lipinski definition) is 2. The Bertz CT molecular complexity index is 905. The second-order valence-corrected chi connectivity index (χ2v) is 9.01. The van der Waals surface area contributed by atoms with Crippen molar-refractivity contribution in [3.63, 3.8) is 0 Å². The van der Waals surface area contributed by atoms with E-state index >= 15 is 0 Å². The van der Waals surface area contributed by atoms with Gasteiger partial charge in [0.1, 0.15) is 12.0 Å². The topological polar surface area (TPSA) is 71.7 Å². The van der Waals surface area contributed by atoms with Gasteiger partial charge in [0.25, 0.3) is 0 Å². The fourth-order valence-corrected chi connectivity index (χ4v) is 5.74. The summed E-state index contributed by atoms with van der Waals surface area (Å²) < 4.78 is 11.8. The highest BCUT2D eigenvalue weighted by atomic mass is 127. The average Bonchev–Trinajstić information content (AvgIpc) is 3.50. The number of nitrogens with zero attached hydrogens (tertiary/aromatic N) is 2. The molecule has 1 saturated heterocycles. The van der Waals surface area contributed by atoms with Crippen molar-refractivity contribution in [2.45, 2.75) is 64.6 Å². The number of aromatic nitrogens is 1. The Labute approximate surface area is 201 Å². The molecule has 2 saturated carbocycles. The molecule has 0 bridgehead atoms. The van der Waals surface area contributed by atoms with Crippen LogP contribution in [0.4, 0.5) is 0 Å². The minimum Gasteiger partial charge on any atom is -0.444 e. The number of benzene rings is 1. The third kappa shape index (κ3) is 4.23. The van der Waals surface area contributed by atoms with Gasteiger partial charge in [-0.25, -0.2) is 9.98 Å². The van der Waals surface area contributed by atoms with Crippen LogP contribution < -0.4 is 10.6 Å². The highest BCUT2D eigenvalue weighted by Crippen LogP contribution is 2.60. The number of halogens is 1. The molecule has 1 aromatic carbocycles. The third-order valence-corrected chi connectivity index (χ3v) is 7.17. The monoisotopic (exact) mass is 536 g/mol. The van der Waals surface area contributed by atoms with Gasteiger partial charge in [0.15, 0.2) is 5.96 Å². The van der Waals surface area contributed by atoms with E-state index in [0.717, 1.165) is 36.8 Å². The van der Waals surface area contributed by atoms with Gasteiger partial charge in [-0.3, -0.25) is 0 Å². The van der Waals surface area contributed by atoms with Crippen molar-refractivity contribution >= 4 is 29.9 Å². The lowest BCUT2D eigenvalue weighted by Gasteiger charge is -2.57. The van der Waals surface area contributed by atoms with E-state index in [1.54, 1.807) is 6.26 Å². The van der Waals surface area contributed by atoms with E-state index in [0.29, 0.717) is 35.9 Å². The van der Waals surface area contributed by atoms with Crippen LogP contribution in [0.1, 0.15) is 50.3 Å². The highest BCUT2D eigenvalue weighted by molar-refractivity contribution is 14.0. The molecule has 2 heterocycles. The van der Waals surface area contributed by atoms with Gasteiger partial charge >= 0.3 is 0 Å². The molecule has 2 aliphatic carbocycles. The van der Waals surface area contributed by atoms with Gasteiger partial charge in [-0.2, -0.15) is 0 Å². The zero-order valence-corrected chi connectivity index (χ0v) is 20.7. The van der Waals surface area contributed by atoms with Crippen molar-refractivity contribution in [2.75, 3.05) is 13.2 Å². The number of oxazole rings is 1. The Morgan fingerprint density at radius 3 is 2.74 bits per heavy atom. The van der Waals surface area contributed by atoms with Crippen LogP contribution in [0.2, 0.25) is 0 Å². The van der Waals surface area contributed by atoms with Gasteiger partial charge in [-0.15, -0.1) is 24.0 Å². The molecule has 2 N–H and O–H groups in total. The SMILES string of the molecule is CCNC(=NCc1coc(-c2ccc(C)cc2)n1)NC1C2CCOC2C12CCCC2.I. The van der Waals surface area contributed by atoms with E-state index in [-0.39, 0.29) is 24.0 Å². The average molecular weight is 536 g/mol. The summed E-state index contributed by atoms with van der Waals surface area (Å²) >= 11 is 0. The molecule has 1 spiro atoms. The largest absolute Gasteiger partial charge is 0.444 e. The molecule has 31 heavy (non-hydrogen) atoms. The smallest absolute Gasteiger partial charge is 0.226 e. The van der Waals surface area contributed by atoms with E-state index in [1.165, 1.54) is 31.2 Å². The van der Waals surface area contributed by atoms with Gasteiger partial charge in [0.2, 0.25) is 5.89 Å². The van der Waals surface area contributed by atoms with Crippen LogP contribution in [0.5, 0.6) is 0 Å². The summed E-state index contributed by atoms with van der Waals surface area (Å²) in [5, 5.41) is 7.20. The molecule has 7 heteroatoms. The summed E-state index contributed by atoms with van der Waals surface area (Å²) in [6, 6.07) is 8.69. The Morgan fingerprint density at radius 2 is 2.00 bits per heavy atom. The van der Waals surface area contributed by atoms with Crippen LogP contribution in [-0.4, -0.2) is 36.2 Å². The fourth-order valence-electron chi connectivity index (χ4n) is 5.74. The fraction of sp³-hybridized carbons (Fsp3) is 0.583. The first kappa shape index (κ1) is 22.6. The number of nitrogens with one attached hydrogen (secondary N) is 2. The van der Waals surface area contributed by atoms with E-state index < -0.39 is 0 Å². The lowest BCUT2D eigenvalue weighted by atomic mass is 9.54. The molecule has 5 rings (SSSR count). The first-order valence-electron chi connectivity index (χ1n) is 11.4. The first-order valence-corrected chi connectivity index (χ1v) is 11.4. The molecular weight excluding hydrogens is 503 g/mol. The predicted molar refractivity (Wildman–Crippen MR) is 133 cm³/mol.